The van der Waals surface area contributed by atoms with Gasteiger partial charge in [-0.3, -0.25) is 14.5 Å². The standard InChI is InChI=1S/C51H54N2O5Si/c1-5-35(30-36-16-15-19-41(54)31-36)24-29-46-47-37(33-58-59(51(2,3)4,42-20-11-7-12-21-42)43-22-13-8-14-23-43)32-44-48(45(47)34-57-46)50(56)53(49(44)55)40-27-25-39(26-28-40)52-38-17-9-6-10-18-38/h6-23,25-28,30-31,44-46,48,52,54H,5,24,29,32-34H2,1-4H3/b35-30+/t44-,45+,46-,48-/m1/s1. The van der Waals surface area contributed by atoms with E-state index in [9.17, 15) is 14.7 Å². The lowest BCUT2D eigenvalue weighted by atomic mass is 9.69. The third-order valence-corrected chi connectivity index (χ3v) is 17.5. The second kappa shape index (κ2) is 17.0. The quantitative estimate of drug-likeness (QED) is 0.0701. The lowest BCUT2D eigenvalue weighted by molar-refractivity contribution is -0.122. The number of phenols is 1. The molecule has 2 fully saturated rings. The number of carbonyl (C=O) groups excluding carboxylic acids is 2. The fourth-order valence-corrected chi connectivity index (χ4v) is 14.3. The summed E-state index contributed by atoms with van der Waals surface area (Å²) in [5, 5.41) is 15.7. The predicted octanol–water partition coefficient (Wildman–Crippen LogP) is 9.81. The number of aromatic hydroxyl groups is 1. The van der Waals surface area contributed by atoms with Crippen LogP contribution in [0.5, 0.6) is 5.75 Å². The molecule has 3 aliphatic rings. The average molecular weight is 803 g/mol. The van der Waals surface area contributed by atoms with Crippen LogP contribution in [0.4, 0.5) is 17.1 Å². The van der Waals surface area contributed by atoms with Gasteiger partial charge >= 0.3 is 0 Å². The van der Waals surface area contributed by atoms with Gasteiger partial charge in [0.15, 0.2) is 0 Å². The highest BCUT2D eigenvalue weighted by Gasteiger charge is 2.58. The smallest absolute Gasteiger partial charge is 0.261 e. The summed E-state index contributed by atoms with van der Waals surface area (Å²) in [6.45, 7) is 9.73. The Morgan fingerprint density at radius 3 is 2.05 bits per heavy atom. The SMILES string of the molecule is CC/C(=C\c1cccc(O)c1)CC[C@H]1OC[C@H]2C1=C(CO[Si](c1ccccc1)(c1ccccc1)C(C)(C)C)C[C@H]1C(=O)N(c3ccc(Nc4ccccc4)cc3)C(=O)[C@H]12. The minimum Gasteiger partial charge on any atom is -0.508 e. The molecule has 0 saturated carbocycles. The molecule has 0 bridgehead atoms. The number of nitrogens with one attached hydrogen (secondary N) is 1. The van der Waals surface area contributed by atoms with E-state index in [2.05, 4.69) is 99.8 Å². The number of hydrogen-bond donors (Lipinski definition) is 2. The first-order valence-corrected chi connectivity index (χ1v) is 22.8. The normalized spacial score (nSPS) is 20.8. The predicted molar refractivity (Wildman–Crippen MR) is 240 cm³/mol. The fraction of sp³-hybridized carbons (Fsp3) is 0.294. The van der Waals surface area contributed by atoms with Crippen LogP contribution in [0.15, 0.2) is 156 Å². The number of fused-ring (bicyclic) bond motifs is 3. The number of benzene rings is 5. The van der Waals surface area contributed by atoms with Gasteiger partial charge in [-0.15, -0.1) is 0 Å². The zero-order chi connectivity index (χ0) is 41.1. The van der Waals surface area contributed by atoms with E-state index in [0.717, 1.165) is 47.3 Å². The minimum absolute atomic E-state index is 0.152. The van der Waals surface area contributed by atoms with E-state index in [0.29, 0.717) is 25.3 Å². The zero-order valence-electron chi connectivity index (χ0n) is 34.4. The molecule has 59 heavy (non-hydrogen) atoms. The van der Waals surface area contributed by atoms with Gasteiger partial charge in [-0.05, 0) is 106 Å². The molecular weight excluding hydrogens is 749 g/mol. The maximum absolute atomic E-state index is 14.6. The molecule has 5 aromatic carbocycles. The van der Waals surface area contributed by atoms with Crippen molar-refractivity contribution < 1.29 is 23.9 Å². The van der Waals surface area contributed by atoms with Crippen LogP contribution >= 0.6 is 0 Å². The van der Waals surface area contributed by atoms with Gasteiger partial charge in [-0.1, -0.05) is 130 Å². The highest BCUT2D eigenvalue weighted by Crippen LogP contribution is 2.51. The Hall–Kier alpha value is -5.54. The minimum atomic E-state index is -2.93. The van der Waals surface area contributed by atoms with Crippen LogP contribution in [0.1, 0.15) is 58.9 Å². The van der Waals surface area contributed by atoms with Crippen molar-refractivity contribution in [1.82, 2.24) is 0 Å². The van der Waals surface area contributed by atoms with E-state index in [1.54, 1.807) is 12.1 Å². The van der Waals surface area contributed by atoms with Gasteiger partial charge in [0.05, 0.1) is 36.8 Å². The van der Waals surface area contributed by atoms with Crippen LogP contribution in [0.2, 0.25) is 5.04 Å². The van der Waals surface area contributed by atoms with Crippen molar-refractivity contribution in [3.05, 3.63) is 162 Å². The van der Waals surface area contributed by atoms with Gasteiger partial charge in [0.1, 0.15) is 5.75 Å². The monoisotopic (exact) mass is 802 g/mol. The number of nitrogens with zero attached hydrogens (tertiary/aromatic N) is 1. The summed E-state index contributed by atoms with van der Waals surface area (Å²) in [5.41, 5.74) is 6.87. The van der Waals surface area contributed by atoms with Crippen molar-refractivity contribution in [3.63, 3.8) is 0 Å². The highest BCUT2D eigenvalue weighted by atomic mass is 28.4. The van der Waals surface area contributed by atoms with E-state index in [4.69, 9.17) is 9.16 Å². The number of carbonyl (C=O) groups is 2. The lowest BCUT2D eigenvalue weighted by Crippen LogP contribution is -2.66. The topological polar surface area (TPSA) is 88.1 Å². The Balaban J connectivity index is 1.14. The van der Waals surface area contributed by atoms with Crippen LogP contribution in [-0.2, 0) is 18.8 Å². The van der Waals surface area contributed by atoms with Gasteiger partial charge < -0.3 is 19.6 Å². The summed E-state index contributed by atoms with van der Waals surface area (Å²) in [6, 6.07) is 46.1. The Bertz CT molecular complexity index is 2300. The number of para-hydroxylation sites is 1. The Morgan fingerprint density at radius 1 is 0.814 bits per heavy atom. The molecule has 0 unspecified atom stereocenters. The highest BCUT2D eigenvalue weighted by molar-refractivity contribution is 6.99. The van der Waals surface area contributed by atoms with Gasteiger partial charge in [-0.2, -0.15) is 0 Å². The van der Waals surface area contributed by atoms with Gasteiger partial charge in [-0.25, -0.2) is 0 Å². The molecule has 2 amide bonds. The maximum atomic E-state index is 14.6. The van der Waals surface area contributed by atoms with Crippen molar-refractivity contribution >= 4 is 53.6 Å². The van der Waals surface area contributed by atoms with Crippen LogP contribution < -0.4 is 20.6 Å². The molecule has 7 nitrogen and oxygen atoms in total. The molecule has 5 aromatic rings. The zero-order valence-corrected chi connectivity index (χ0v) is 35.4. The van der Waals surface area contributed by atoms with E-state index < -0.39 is 20.2 Å². The maximum Gasteiger partial charge on any atom is 0.261 e. The molecule has 0 spiro atoms. The van der Waals surface area contributed by atoms with Crippen molar-refractivity contribution in [2.75, 3.05) is 23.4 Å². The number of ether oxygens (including phenoxy) is 1. The molecule has 0 aromatic heterocycles. The summed E-state index contributed by atoms with van der Waals surface area (Å²) in [6.07, 6.45) is 4.79. The van der Waals surface area contributed by atoms with Crippen LogP contribution in [0.25, 0.3) is 6.08 Å². The number of anilines is 3. The molecule has 1 aliphatic carbocycles. The van der Waals surface area contributed by atoms with Crippen molar-refractivity contribution in [2.45, 2.75) is 64.5 Å². The Labute approximate surface area is 349 Å². The third-order valence-electron chi connectivity index (χ3n) is 12.5. The molecule has 4 atom stereocenters. The summed E-state index contributed by atoms with van der Waals surface area (Å²) in [4.78, 5) is 30.6. The summed E-state index contributed by atoms with van der Waals surface area (Å²) < 4.78 is 14.3. The number of hydrogen-bond acceptors (Lipinski definition) is 6. The third kappa shape index (κ3) is 7.97. The van der Waals surface area contributed by atoms with Crippen LogP contribution in [0.3, 0.4) is 0 Å². The van der Waals surface area contributed by atoms with Crippen LogP contribution in [-0.4, -0.2) is 44.6 Å². The Kier molecular flexibility index (Phi) is 11.6. The fourth-order valence-electron chi connectivity index (χ4n) is 9.72. The summed E-state index contributed by atoms with van der Waals surface area (Å²) in [7, 11) is -2.93. The molecule has 2 saturated heterocycles. The van der Waals surface area contributed by atoms with Crippen molar-refractivity contribution in [2.24, 2.45) is 17.8 Å². The van der Waals surface area contributed by atoms with E-state index in [1.807, 2.05) is 66.7 Å². The number of amides is 2. The molecule has 302 valence electrons. The van der Waals surface area contributed by atoms with Gasteiger partial charge in [0.25, 0.3) is 8.32 Å². The average Bonchev–Trinajstić information content (AvgIpc) is 3.78. The summed E-state index contributed by atoms with van der Waals surface area (Å²) in [5.74, 6) is -1.30. The molecule has 8 rings (SSSR count). The van der Waals surface area contributed by atoms with E-state index in [1.165, 1.54) is 20.8 Å². The Morgan fingerprint density at radius 2 is 1.44 bits per heavy atom. The molecule has 2 N–H and O–H groups in total. The second-order valence-corrected chi connectivity index (χ2v) is 21.4. The first-order valence-electron chi connectivity index (χ1n) is 20.9. The molecule has 0 radical (unpaired) electrons. The first kappa shape index (κ1) is 40.2. The number of allylic oxidation sites excluding steroid dienone is 1. The van der Waals surface area contributed by atoms with Crippen molar-refractivity contribution in [1.29, 1.82) is 0 Å². The van der Waals surface area contributed by atoms with Crippen LogP contribution in [0, 0.1) is 17.8 Å². The molecule has 8 heteroatoms. The number of phenolic OH excluding ortho intramolecular Hbond substituents is 1. The van der Waals surface area contributed by atoms with E-state index >= 15 is 0 Å². The number of rotatable bonds is 13. The van der Waals surface area contributed by atoms with E-state index in [-0.39, 0.29) is 34.6 Å². The first-order chi connectivity index (χ1) is 28.6. The lowest BCUT2D eigenvalue weighted by Gasteiger charge is -2.44. The summed E-state index contributed by atoms with van der Waals surface area (Å²) >= 11 is 0. The molecule has 2 aliphatic heterocycles. The second-order valence-electron chi connectivity index (χ2n) is 17.1. The van der Waals surface area contributed by atoms with Gasteiger partial charge in [0.2, 0.25) is 11.8 Å². The number of imide groups is 1. The molecule has 2 heterocycles. The molecular formula is C51H54N2O5Si. The van der Waals surface area contributed by atoms with Crippen molar-refractivity contribution in [3.8, 4) is 5.75 Å². The largest absolute Gasteiger partial charge is 0.508 e. The van der Waals surface area contributed by atoms with Gasteiger partial charge in [0, 0.05) is 17.3 Å².